The Balaban J connectivity index is 1.13. The molecule has 0 bridgehead atoms. The van der Waals surface area contributed by atoms with Crippen molar-refractivity contribution in [1.29, 1.82) is 0 Å². The molecule has 166 valence electrons. The van der Waals surface area contributed by atoms with Gasteiger partial charge in [0, 0.05) is 41.5 Å². The van der Waals surface area contributed by atoms with Crippen molar-refractivity contribution in [3.63, 3.8) is 0 Å². The van der Waals surface area contributed by atoms with E-state index in [2.05, 4.69) is 20.6 Å². The summed E-state index contributed by atoms with van der Waals surface area (Å²) in [6.45, 7) is 1.23. The number of anilines is 2. The van der Waals surface area contributed by atoms with Gasteiger partial charge in [-0.25, -0.2) is 9.78 Å². The van der Waals surface area contributed by atoms with Crippen LogP contribution >= 0.6 is 23.1 Å². The number of carbonyl (C=O) groups excluding carboxylic acids is 2. The van der Waals surface area contributed by atoms with Gasteiger partial charge in [0.2, 0.25) is 5.91 Å². The fourth-order valence-corrected chi connectivity index (χ4v) is 6.23. The van der Waals surface area contributed by atoms with Crippen LogP contribution in [-0.4, -0.2) is 40.7 Å². The lowest BCUT2D eigenvalue weighted by molar-refractivity contribution is -0.115. The number of carbonyl (C=O) groups is 2. The minimum Gasteiger partial charge on any atom is -0.336 e. The highest BCUT2D eigenvalue weighted by Crippen LogP contribution is 2.34. The smallest absolute Gasteiger partial charge is 0.321 e. The van der Waals surface area contributed by atoms with Gasteiger partial charge in [0.1, 0.15) is 10.7 Å². The van der Waals surface area contributed by atoms with E-state index in [0.29, 0.717) is 42.5 Å². The molecule has 5 rings (SSSR count). The number of nitrogens with zero attached hydrogens (tertiary/aromatic N) is 2. The van der Waals surface area contributed by atoms with Crippen LogP contribution in [0.3, 0.4) is 0 Å². The molecule has 1 aliphatic carbocycles. The topological polar surface area (TPSA) is 107 Å². The van der Waals surface area contributed by atoms with Crippen molar-refractivity contribution in [2.24, 2.45) is 0 Å². The molecule has 0 atom stereocenters. The summed E-state index contributed by atoms with van der Waals surface area (Å²) in [6, 6.07) is 7.16. The minimum absolute atomic E-state index is 0.0469. The van der Waals surface area contributed by atoms with E-state index in [9.17, 15) is 14.4 Å². The summed E-state index contributed by atoms with van der Waals surface area (Å²) < 4.78 is 0. The lowest BCUT2D eigenvalue weighted by Gasteiger charge is -2.15. The predicted molar refractivity (Wildman–Crippen MR) is 129 cm³/mol. The van der Waals surface area contributed by atoms with Gasteiger partial charge >= 0.3 is 6.03 Å². The summed E-state index contributed by atoms with van der Waals surface area (Å²) in [5, 5.41) is 6.43. The molecule has 10 heteroatoms. The standard InChI is InChI=1S/C22H23N5O3S2/c28-18(24-13-3-1-4-14(11-13)27-9-8-23-22(27)30)7-10-31-12-17-25-20(29)19-15-5-2-6-16(15)32-21(19)26-17/h1,3-4,11H,2,5-10,12H2,(H,23,30)(H,24,28)(H,25,26,29). The fourth-order valence-electron chi connectivity index (χ4n) is 4.14. The minimum atomic E-state index is -0.123. The first kappa shape index (κ1) is 21.0. The Morgan fingerprint density at radius 3 is 3.03 bits per heavy atom. The van der Waals surface area contributed by atoms with Crippen LogP contribution in [0.5, 0.6) is 0 Å². The fraction of sp³-hybridized carbons (Fsp3) is 0.364. The average molecular weight is 470 g/mol. The van der Waals surface area contributed by atoms with Gasteiger partial charge in [-0.05, 0) is 43.0 Å². The maximum atomic E-state index is 12.5. The Bertz CT molecular complexity index is 1250. The van der Waals surface area contributed by atoms with Crippen molar-refractivity contribution in [2.45, 2.75) is 31.4 Å². The second-order valence-electron chi connectivity index (χ2n) is 7.83. The number of H-pyrrole nitrogens is 1. The highest BCUT2D eigenvalue weighted by atomic mass is 32.2. The third kappa shape index (κ3) is 4.24. The molecule has 3 heterocycles. The molecule has 1 aromatic carbocycles. The summed E-state index contributed by atoms with van der Waals surface area (Å²) in [5.74, 6) is 1.74. The van der Waals surface area contributed by atoms with Crippen molar-refractivity contribution < 1.29 is 9.59 Å². The Morgan fingerprint density at radius 1 is 1.28 bits per heavy atom. The molecule has 0 unspecified atom stereocenters. The predicted octanol–water partition coefficient (Wildman–Crippen LogP) is 3.26. The Hall–Kier alpha value is -2.85. The summed E-state index contributed by atoms with van der Waals surface area (Å²) in [6.07, 6.45) is 3.48. The molecule has 2 aromatic heterocycles. The highest BCUT2D eigenvalue weighted by Gasteiger charge is 2.22. The quantitative estimate of drug-likeness (QED) is 0.461. The first-order valence-electron chi connectivity index (χ1n) is 10.6. The largest absolute Gasteiger partial charge is 0.336 e. The maximum Gasteiger partial charge on any atom is 0.321 e. The number of benzene rings is 1. The van der Waals surface area contributed by atoms with Crippen LogP contribution in [0.4, 0.5) is 16.2 Å². The van der Waals surface area contributed by atoms with E-state index in [1.165, 1.54) is 10.4 Å². The van der Waals surface area contributed by atoms with Gasteiger partial charge in [0.05, 0.1) is 11.1 Å². The van der Waals surface area contributed by atoms with Gasteiger partial charge in [0.25, 0.3) is 5.56 Å². The van der Waals surface area contributed by atoms with Crippen molar-refractivity contribution in [1.82, 2.24) is 15.3 Å². The number of hydrogen-bond acceptors (Lipinski definition) is 6. The van der Waals surface area contributed by atoms with Crippen LogP contribution in [0.15, 0.2) is 29.1 Å². The van der Waals surface area contributed by atoms with E-state index < -0.39 is 0 Å². The first-order chi connectivity index (χ1) is 15.6. The molecule has 1 fully saturated rings. The SMILES string of the molecule is O=C(CCSCc1nc2sc3c(c2c(=O)[nH]1)CCC3)Nc1cccc(N2CCNC2=O)c1. The Labute approximate surface area is 192 Å². The molecule has 1 saturated heterocycles. The van der Waals surface area contributed by atoms with Crippen LogP contribution < -0.4 is 21.1 Å². The van der Waals surface area contributed by atoms with Crippen LogP contribution in [0, 0.1) is 0 Å². The van der Waals surface area contributed by atoms with E-state index in [-0.39, 0.29) is 17.5 Å². The van der Waals surface area contributed by atoms with Crippen LogP contribution in [0.2, 0.25) is 0 Å². The molecular weight excluding hydrogens is 446 g/mol. The lowest BCUT2D eigenvalue weighted by atomic mass is 10.2. The summed E-state index contributed by atoms with van der Waals surface area (Å²) in [5.41, 5.74) is 2.56. The molecule has 1 aliphatic heterocycles. The van der Waals surface area contributed by atoms with Crippen LogP contribution in [0.25, 0.3) is 10.2 Å². The zero-order valence-corrected chi connectivity index (χ0v) is 19.0. The van der Waals surface area contributed by atoms with Gasteiger partial charge in [-0.1, -0.05) is 6.07 Å². The molecule has 32 heavy (non-hydrogen) atoms. The lowest BCUT2D eigenvalue weighted by Crippen LogP contribution is -2.27. The molecule has 8 nitrogen and oxygen atoms in total. The summed E-state index contributed by atoms with van der Waals surface area (Å²) in [7, 11) is 0. The van der Waals surface area contributed by atoms with Gasteiger partial charge in [-0.3, -0.25) is 14.5 Å². The van der Waals surface area contributed by atoms with E-state index in [4.69, 9.17) is 0 Å². The van der Waals surface area contributed by atoms with Crippen LogP contribution in [-0.2, 0) is 23.4 Å². The molecule has 0 radical (unpaired) electrons. The van der Waals surface area contributed by atoms with Crippen molar-refractivity contribution in [2.75, 3.05) is 29.1 Å². The second-order valence-corrected chi connectivity index (χ2v) is 10.0. The first-order valence-corrected chi connectivity index (χ1v) is 12.6. The number of hydrogen-bond donors (Lipinski definition) is 3. The molecular formula is C22H23N5O3S2. The van der Waals surface area contributed by atoms with E-state index in [1.807, 2.05) is 18.2 Å². The second kappa shape index (κ2) is 8.95. The summed E-state index contributed by atoms with van der Waals surface area (Å²) >= 11 is 3.20. The molecule has 3 aromatic rings. The number of amides is 3. The van der Waals surface area contributed by atoms with E-state index >= 15 is 0 Å². The maximum absolute atomic E-state index is 12.5. The monoisotopic (exact) mass is 469 g/mol. The van der Waals surface area contributed by atoms with Gasteiger partial charge in [-0.2, -0.15) is 11.8 Å². The Kier molecular flexibility index (Phi) is 5.88. The zero-order chi connectivity index (χ0) is 22.1. The number of aromatic amines is 1. The highest BCUT2D eigenvalue weighted by molar-refractivity contribution is 7.98. The molecule has 0 spiro atoms. The number of rotatable bonds is 7. The van der Waals surface area contributed by atoms with Gasteiger partial charge in [0.15, 0.2) is 0 Å². The number of aryl methyl sites for hydroxylation is 2. The van der Waals surface area contributed by atoms with Gasteiger partial charge < -0.3 is 15.6 Å². The zero-order valence-electron chi connectivity index (χ0n) is 17.4. The summed E-state index contributed by atoms with van der Waals surface area (Å²) in [4.78, 5) is 48.0. The van der Waals surface area contributed by atoms with Crippen molar-refractivity contribution >= 4 is 56.6 Å². The average Bonchev–Trinajstić information content (AvgIpc) is 3.47. The number of urea groups is 1. The van der Waals surface area contributed by atoms with Gasteiger partial charge in [-0.15, -0.1) is 11.3 Å². The number of nitrogens with one attached hydrogen (secondary N) is 3. The third-order valence-corrected chi connectivity index (χ3v) is 7.79. The van der Waals surface area contributed by atoms with Crippen molar-refractivity contribution in [3.05, 3.63) is 50.9 Å². The number of fused-ring (bicyclic) bond motifs is 3. The molecule has 3 N–H and O–H groups in total. The normalized spacial score (nSPS) is 15.2. The van der Waals surface area contributed by atoms with E-state index in [1.54, 1.807) is 34.1 Å². The van der Waals surface area contributed by atoms with E-state index in [0.717, 1.165) is 35.2 Å². The molecule has 0 saturated carbocycles. The number of aromatic nitrogens is 2. The molecule has 2 aliphatic rings. The van der Waals surface area contributed by atoms with Crippen LogP contribution in [0.1, 0.15) is 29.1 Å². The van der Waals surface area contributed by atoms with Crippen molar-refractivity contribution in [3.8, 4) is 0 Å². The third-order valence-electron chi connectivity index (χ3n) is 5.63. The number of thioether (sulfide) groups is 1. The Morgan fingerprint density at radius 2 is 2.19 bits per heavy atom. The molecule has 3 amide bonds. The number of thiophene rings is 1.